The lowest BCUT2D eigenvalue weighted by molar-refractivity contribution is -0.386. The highest BCUT2D eigenvalue weighted by Crippen LogP contribution is 2.35. The number of nitro benzene ring substituents is 1. The fourth-order valence-electron chi connectivity index (χ4n) is 2.45. The lowest BCUT2D eigenvalue weighted by Crippen LogP contribution is -2.38. The molecule has 2 rings (SSSR count). The van der Waals surface area contributed by atoms with Gasteiger partial charge in [-0.05, 0) is 12.1 Å². The molecule has 0 aliphatic carbocycles. The zero-order chi connectivity index (χ0) is 21.8. The van der Waals surface area contributed by atoms with Gasteiger partial charge in [0.1, 0.15) is 12.4 Å². The molecule has 10 nitrogen and oxygen atoms in total. The molecule has 13 heteroatoms. The number of nitrogens with zero attached hydrogens (tertiary/aromatic N) is 2. The third kappa shape index (κ3) is 5.13. The van der Waals surface area contributed by atoms with E-state index in [1.165, 1.54) is 6.07 Å². The number of benzene rings is 1. The van der Waals surface area contributed by atoms with Crippen LogP contribution in [0.5, 0.6) is 5.75 Å². The van der Waals surface area contributed by atoms with E-state index in [4.69, 9.17) is 4.74 Å². The molecule has 1 aromatic carbocycles. The normalized spacial score (nSPS) is 14.4. The van der Waals surface area contributed by atoms with Crippen LogP contribution in [0.1, 0.15) is 0 Å². The molecule has 0 unspecified atom stereocenters. The maximum atomic E-state index is 12.4. The number of methoxy groups -OCH3 is 2. The van der Waals surface area contributed by atoms with Gasteiger partial charge in [-0.2, -0.15) is 13.2 Å². The van der Waals surface area contributed by atoms with Crippen LogP contribution in [-0.4, -0.2) is 57.2 Å². The number of hydrogen-bond donors (Lipinski definition) is 0. The predicted molar refractivity (Wildman–Crippen MR) is 89.0 cm³/mol. The summed E-state index contributed by atoms with van der Waals surface area (Å²) in [6, 6.07) is 3.00. The quantitative estimate of drug-likeness (QED) is 0.386. The Morgan fingerprint density at radius 2 is 1.90 bits per heavy atom. The fourth-order valence-corrected chi connectivity index (χ4v) is 2.45. The van der Waals surface area contributed by atoms with Crippen molar-refractivity contribution in [1.29, 1.82) is 0 Å². The smallest absolute Gasteiger partial charge is 0.422 e. The van der Waals surface area contributed by atoms with Crippen LogP contribution in [-0.2, 0) is 23.8 Å². The summed E-state index contributed by atoms with van der Waals surface area (Å²) in [5.41, 5.74) is -1.26. The summed E-state index contributed by atoms with van der Waals surface area (Å²) >= 11 is 0. The second-order valence-corrected chi connectivity index (χ2v) is 5.53. The van der Waals surface area contributed by atoms with E-state index < -0.39 is 41.1 Å². The molecule has 1 aromatic rings. The maximum Gasteiger partial charge on any atom is 0.422 e. The first-order chi connectivity index (χ1) is 13.6. The van der Waals surface area contributed by atoms with Crippen LogP contribution >= 0.6 is 0 Å². The molecule has 0 radical (unpaired) electrons. The first-order valence-corrected chi connectivity index (χ1v) is 7.82. The first-order valence-electron chi connectivity index (χ1n) is 7.82. The van der Waals surface area contributed by atoms with Crippen LogP contribution in [0.2, 0.25) is 0 Å². The average Bonchev–Trinajstić information content (AvgIpc) is 2.69. The Balaban J connectivity index is 2.51. The van der Waals surface area contributed by atoms with Crippen LogP contribution in [0, 0.1) is 10.1 Å². The second kappa shape index (κ2) is 8.77. The van der Waals surface area contributed by atoms with Crippen LogP contribution in [0.15, 0.2) is 29.5 Å². The number of hydrogen-bond acceptors (Lipinski definition) is 9. The molecule has 1 aliphatic heterocycles. The second-order valence-electron chi connectivity index (χ2n) is 5.53. The number of esters is 2. The van der Waals surface area contributed by atoms with Gasteiger partial charge in [0.15, 0.2) is 12.4 Å². The molecule has 1 heterocycles. The Bertz CT molecular complexity index is 853. The van der Waals surface area contributed by atoms with Crippen molar-refractivity contribution in [2.45, 2.75) is 6.18 Å². The summed E-state index contributed by atoms with van der Waals surface area (Å²) in [5.74, 6) is -2.44. The van der Waals surface area contributed by atoms with Gasteiger partial charge in [-0.15, -0.1) is 0 Å². The molecule has 0 aromatic heterocycles. The summed E-state index contributed by atoms with van der Waals surface area (Å²) in [4.78, 5) is 35.6. The highest BCUT2D eigenvalue weighted by molar-refractivity contribution is 6.03. The Morgan fingerprint density at radius 1 is 1.24 bits per heavy atom. The molecule has 0 spiro atoms. The minimum atomic E-state index is -4.69. The number of nitro groups is 1. The van der Waals surface area contributed by atoms with Crippen LogP contribution in [0.4, 0.5) is 24.5 Å². The van der Waals surface area contributed by atoms with E-state index in [9.17, 15) is 32.9 Å². The number of carbonyl (C=O) groups is 2. The van der Waals surface area contributed by atoms with E-state index >= 15 is 0 Å². The molecule has 0 fully saturated rings. The van der Waals surface area contributed by atoms with Gasteiger partial charge in [-0.1, -0.05) is 0 Å². The zero-order valence-corrected chi connectivity index (χ0v) is 15.1. The molecule has 1 aliphatic rings. The Hall–Kier alpha value is -3.35. The van der Waals surface area contributed by atoms with Gasteiger partial charge in [0.05, 0.1) is 37.0 Å². The number of carbonyl (C=O) groups excluding carboxylic acids is 2. The predicted octanol–water partition coefficient (Wildman–Crippen LogP) is 1.93. The summed E-state index contributed by atoms with van der Waals surface area (Å²) in [6.07, 6.45) is -4.69. The first kappa shape index (κ1) is 21.9. The largest absolute Gasteiger partial charge is 0.477 e. The van der Waals surface area contributed by atoms with Crippen LogP contribution in [0.25, 0.3) is 0 Å². The Kier molecular flexibility index (Phi) is 6.64. The van der Waals surface area contributed by atoms with Crippen molar-refractivity contribution in [3.8, 4) is 5.75 Å². The van der Waals surface area contributed by atoms with E-state index in [1.54, 1.807) is 0 Å². The van der Waals surface area contributed by atoms with Gasteiger partial charge in [0.25, 0.3) is 0 Å². The molecule has 0 saturated heterocycles. The summed E-state index contributed by atoms with van der Waals surface area (Å²) in [5, 5.41) is 11.3. The molecule has 158 valence electrons. The van der Waals surface area contributed by atoms with E-state index in [-0.39, 0.29) is 30.3 Å². The van der Waals surface area contributed by atoms with Crippen molar-refractivity contribution < 1.29 is 46.6 Å². The molecule has 0 saturated carbocycles. The SMILES string of the molecule is COC(=O)C1=C(C(=O)OC)N(c2ccc(OCC(F)(F)F)c([N+](=O)[O-])c2)COC1. The average molecular weight is 420 g/mol. The van der Waals surface area contributed by atoms with E-state index in [0.717, 1.165) is 31.3 Å². The summed E-state index contributed by atoms with van der Waals surface area (Å²) in [7, 11) is 2.15. The third-order valence-electron chi connectivity index (χ3n) is 3.68. The molecular formula is C16H15F3N2O8. The molecule has 0 N–H and O–H groups in total. The molecule has 29 heavy (non-hydrogen) atoms. The lowest BCUT2D eigenvalue weighted by Gasteiger charge is -2.31. The Morgan fingerprint density at radius 3 is 2.45 bits per heavy atom. The number of anilines is 1. The van der Waals surface area contributed by atoms with Gasteiger partial charge >= 0.3 is 23.8 Å². The van der Waals surface area contributed by atoms with Gasteiger partial charge in [0, 0.05) is 6.07 Å². The van der Waals surface area contributed by atoms with Crippen molar-refractivity contribution in [3.63, 3.8) is 0 Å². The minimum Gasteiger partial charge on any atom is -0.477 e. The lowest BCUT2D eigenvalue weighted by atomic mass is 10.1. The topological polar surface area (TPSA) is 117 Å². The number of alkyl halides is 3. The van der Waals surface area contributed by atoms with Crippen LogP contribution in [0.3, 0.4) is 0 Å². The van der Waals surface area contributed by atoms with E-state index in [0.29, 0.717) is 0 Å². The third-order valence-corrected chi connectivity index (χ3v) is 3.68. The molecule has 0 atom stereocenters. The highest BCUT2D eigenvalue weighted by atomic mass is 19.4. The number of rotatable bonds is 6. The van der Waals surface area contributed by atoms with Crippen molar-refractivity contribution in [2.75, 3.05) is 39.1 Å². The van der Waals surface area contributed by atoms with Gasteiger partial charge in [-0.25, -0.2) is 9.59 Å². The fraction of sp³-hybridized carbons (Fsp3) is 0.375. The van der Waals surface area contributed by atoms with Gasteiger partial charge < -0.3 is 23.8 Å². The zero-order valence-electron chi connectivity index (χ0n) is 15.1. The van der Waals surface area contributed by atoms with Gasteiger partial charge in [-0.3, -0.25) is 10.1 Å². The highest BCUT2D eigenvalue weighted by Gasteiger charge is 2.34. The molecule has 0 amide bonds. The van der Waals surface area contributed by atoms with Crippen molar-refractivity contribution in [1.82, 2.24) is 0 Å². The number of ether oxygens (including phenoxy) is 4. The molecule has 0 bridgehead atoms. The number of halogens is 3. The van der Waals surface area contributed by atoms with E-state index in [1.807, 2.05) is 0 Å². The monoisotopic (exact) mass is 420 g/mol. The summed E-state index contributed by atoms with van der Waals surface area (Å²) in [6.45, 7) is -2.28. The van der Waals surface area contributed by atoms with Crippen molar-refractivity contribution >= 4 is 23.3 Å². The summed E-state index contributed by atoms with van der Waals surface area (Å²) < 4.78 is 56.0. The standard InChI is InChI=1S/C16H15F3N2O8/c1-26-14(22)10-6-28-8-20(13(10)15(23)27-2)9-3-4-12(11(5-9)21(24)25)29-7-16(17,18)19/h3-5H,6-8H2,1-2H3. The maximum absolute atomic E-state index is 12.4. The Labute approximate surface area is 161 Å². The van der Waals surface area contributed by atoms with Crippen molar-refractivity contribution in [2.24, 2.45) is 0 Å². The van der Waals surface area contributed by atoms with Gasteiger partial charge in [0.2, 0.25) is 0 Å². The van der Waals surface area contributed by atoms with Crippen LogP contribution < -0.4 is 9.64 Å². The molecular weight excluding hydrogens is 405 g/mol. The van der Waals surface area contributed by atoms with Crippen molar-refractivity contribution in [3.05, 3.63) is 39.6 Å². The van der Waals surface area contributed by atoms with E-state index in [2.05, 4.69) is 14.2 Å². The minimum absolute atomic E-state index is 0.0161.